The average Bonchev–Trinajstić information content (AvgIpc) is 2.48. The standard InChI is InChI=1S/C6H5.2C4H9.C4H5.Sn/c1-2-4-6-5-3-1;3*1-3-4-2;/h1-5H;2*1,3-4H2,2H3;3H,1-2H2;. The van der Waals surface area contributed by atoms with E-state index < -0.39 is 18.4 Å². The van der Waals surface area contributed by atoms with E-state index in [2.05, 4.69) is 63.4 Å². The van der Waals surface area contributed by atoms with Crippen molar-refractivity contribution >= 4 is 22.0 Å². The Kier molecular flexibility index (Phi) is 7.52. The molecule has 0 spiro atoms. The van der Waals surface area contributed by atoms with Crippen molar-refractivity contribution in [1.29, 1.82) is 0 Å². The van der Waals surface area contributed by atoms with Crippen LogP contribution in [0.5, 0.6) is 0 Å². The molecule has 0 aliphatic heterocycles. The van der Waals surface area contributed by atoms with E-state index in [4.69, 9.17) is 0 Å². The zero-order valence-corrected chi connectivity index (χ0v) is 15.5. The second-order valence-corrected chi connectivity index (χ2v) is 17.9. The van der Waals surface area contributed by atoms with Crippen molar-refractivity contribution in [3.05, 3.63) is 53.2 Å². The summed E-state index contributed by atoms with van der Waals surface area (Å²) >= 11 is -2.51. The molecular formula is C18H28Sn. The molecule has 0 saturated heterocycles. The van der Waals surface area contributed by atoms with E-state index in [1.165, 1.54) is 38.1 Å². The van der Waals surface area contributed by atoms with Crippen molar-refractivity contribution in [1.82, 2.24) is 0 Å². The third-order valence-corrected chi connectivity index (χ3v) is 19.2. The molecule has 0 amide bonds. The summed E-state index contributed by atoms with van der Waals surface area (Å²) in [4.78, 5) is 0. The van der Waals surface area contributed by atoms with Crippen LogP contribution in [-0.4, -0.2) is 18.4 Å². The van der Waals surface area contributed by atoms with Crippen LogP contribution in [0.1, 0.15) is 39.5 Å². The van der Waals surface area contributed by atoms with Gasteiger partial charge in [0.1, 0.15) is 0 Å². The van der Waals surface area contributed by atoms with Gasteiger partial charge in [-0.25, -0.2) is 0 Å². The van der Waals surface area contributed by atoms with Crippen molar-refractivity contribution in [2.75, 3.05) is 0 Å². The Balaban J connectivity index is 3.16. The third-order valence-electron chi connectivity index (χ3n) is 4.10. The van der Waals surface area contributed by atoms with Crippen molar-refractivity contribution in [2.24, 2.45) is 0 Å². The molecule has 1 aromatic carbocycles. The molecule has 0 atom stereocenters. The average molecular weight is 363 g/mol. The maximum atomic E-state index is 4.40. The minimum absolute atomic E-state index is 1.28. The molecule has 0 heterocycles. The third kappa shape index (κ3) is 4.24. The fraction of sp³-hybridized carbons (Fsp3) is 0.444. The van der Waals surface area contributed by atoms with Crippen LogP contribution in [0.4, 0.5) is 0 Å². The minimum atomic E-state index is -2.51. The van der Waals surface area contributed by atoms with Crippen LogP contribution in [0.3, 0.4) is 0 Å². The first-order valence-electron chi connectivity index (χ1n) is 7.58. The SMILES string of the molecule is C=C[C](=C)[Sn]([CH2]CCC)([CH2]CCC)[c]1ccccc1. The van der Waals surface area contributed by atoms with Crippen LogP contribution < -0.4 is 3.58 Å². The van der Waals surface area contributed by atoms with Gasteiger partial charge in [0, 0.05) is 0 Å². The number of allylic oxidation sites excluding steroid dienone is 2. The van der Waals surface area contributed by atoms with Crippen molar-refractivity contribution in [3.8, 4) is 0 Å². The molecule has 1 heteroatoms. The number of rotatable bonds is 9. The van der Waals surface area contributed by atoms with Crippen LogP contribution in [0, 0.1) is 0 Å². The van der Waals surface area contributed by atoms with E-state index in [1.807, 2.05) is 0 Å². The number of benzene rings is 1. The molecule has 1 rings (SSSR count). The molecule has 0 radical (unpaired) electrons. The van der Waals surface area contributed by atoms with Crippen LogP contribution >= 0.6 is 0 Å². The molecule has 0 aliphatic carbocycles. The van der Waals surface area contributed by atoms with Crippen LogP contribution in [0.15, 0.2) is 53.2 Å². The molecule has 104 valence electrons. The van der Waals surface area contributed by atoms with E-state index in [0.29, 0.717) is 0 Å². The van der Waals surface area contributed by atoms with E-state index in [-0.39, 0.29) is 0 Å². The Morgan fingerprint density at radius 1 is 1.05 bits per heavy atom. The van der Waals surface area contributed by atoms with Crippen molar-refractivity contribution in [2.45, 2.75) is 48.4 Å². The summed E-state index contributed by atoms with van der Waals surface area (Å²) in [6.45, 7) is 13.0. The Morgan fingerprint density at radius 2 is 1.58 bits per heavy atom. The summed E-state index contributed by atoms with van der Waals surface area (Å²) in [6, 6.07) is 11.2. The Bertz CT molecular complexity index is 383. The Labute approximate surface area is 123 Å². The topological polar surface area (TPSA) is 0 Å². The zero-order valence-electron chi connectivity index (χ0n) is 12.6. The fourth-order valence-electron chi connectivity index (χ4n) is 2.83. The first-order chi connectivity index (χ1) is 9.21. The van der Waals surface area contributed by atoms with Crippen molar-refractivity contribution < 1.29 is 0 Å². The number of unbranched alkanes of at least 4 members (excludes halogenated alkanes) is 2. The van der Waals surface area contributed by atoms with Gasteiger partial charge < -0.3 is 0 Å². The van der Waals surface area contributed by atoms with Gasteiger partial charge in [0.2, 0.25) is 0 Å². The first-order valence-corrected chi connectivity index (χ1v) is 14.5. The quantitative estimate of drug-likeness (QED) is 0.417. The van der Waals surface area contributed by atoms with Gasteiger partial charge in [-0.05, 0) is 0 Å². The van der Waals surface area contributed by atoms with Gasteiger partial charge in [-0.1, -0.05) is 0 Å². The Morgan fingerprint density at radius 3 is 2.00 bits per heavy atom. The van der Waals surface area contributed by atoms with Crippen LogP contribution in [0.2, 0.25) is 8.87 Å². The molecule has 0 unspecified atom stereocenters. The van der Waals surface area contributed by atoms with Gasteiger partial charge >= 0.3 is 124 Å². The van der Waals surface area contributed by atoms with Gasteiger partial charge in [0.15, 0.2) is 0 Å². The molecule has 0 nitrogen and oxygen atoms in total. The molecular weight excluding hydrogens is 335 g/mol. The van der Waals surface area contributed by atoms with E-state index in [1.54, 1.807) is 3.58 Å². The predicted molar refractivity (Wildman–Crippen MR) is 90.6 cm³/mol. The molecule has 1 aromatic rings. The summed E-state index contributed by atoms with van der Waals surface area (Å²) < 4.78 is 5.78. The molecule has 0 saturated carbocycles. The maximum absolute atomic E-state index is 4.40. The van der Waals surface area contributed by atoms with E-state index >= 15 is 0 Å². The molecule has 19 heavy (non-hydrogen) atoms. The molecule has 0 fully saturated rings. The zero-order chi connectivity index (χ0) is 14.1. The summed E-state index contributed by atoms with van der Waals surface area (Å²) in [6.07, 6.45) is 7.28. The number of hydrogen-bond acceptors (Lipinski definition) is 0. The van der Waals surface area contributed by atoms with Crippen molar-refractivity contribution in [3.63, 3.8) is 0 Å². The first kappa shape index (κ1) is 16.6. The summed E-state index contributed by atoms with van der Waals surface area (Å²) in [5.41, 5.74) is 0. The fourth-order valence-corrected chi connectivity index (χ4v) is 17.0. The molecule has 0 N–H and O–H groups in total. The molecule has 0 aliphatic rings. The van der Waals surface area contributed by atoms with Gasteiger partial charge in [0.05, 0.1) is 0 Å². The van der Waals surface area contributed by atoms with E-state index in [9.17, 15) is 0 Å². The predicted octanol–water partition coefficient (Wildman–Crippen LogP) is 5.22. The van der Waals surface area contributed by atoms with Gasteiger partial charge in [-0.3, -0.25) is 0 Å². The van der Waals surface area contributed by atoms with Gasteiger partial charge in [0.25, 0.3) is 0 Å². The van der Waals surface area contributed by atoms with Gasteiger partial charge in [-0.2, -0.15) is 0 Å². The van der Waals surface area contributed by atoms with Gasteiger partial charge in [-0.15, -0.1) is 0 Å². The second kappa shape index (κ2) is 8.63. The second-order valence-electron chi connectivity index (χ2n) is 5.38. The summed E-state index contributed by atoms with van der Waals surface area (Å²) in [5, 5.41) is 0. The van der Waals surface area contributed by atoms with Crippen LogP contribution in [0.25, 0.3) is 0 Å². The summed E-state index contributed by atoms with van der Waals surface area (Å²) in [5.74, 6) is 0. The summed E-state index contributed by atoms with van der Waals surface area (Å²) in [7, 11) is 0. The number of hydrogen-bond donors (Lipinski definition) is 0. The molecule has 0 aromatic heterocycles. The monoisotopic (exact) mass is 364 g/mol. The molecule has 0 bridgehead atoms. The normalized spacial score (nSPS) is 11.3. The van der Waals surface area contributed by atoms with E-state index in [0.717, 1.165) is 0 Å². The Hall–Kier alpha value is -0.501. The van der Waals surface area contributed by atoms with Crippen LogP contribution in [-0.2, 0) is 0 Å².